The van der Waals surface area contributed by atoms with E-state index in [1.165, 1.54) is 23.3 Å². The maximum absolute atomic E-state index is 13.4. The summed E-state index contributed by atoms with van der Waals surface area (Å²) in [7, 11) is -2.15. The predicted molar refractivity (Wildman–Crippen MR) is 123 cm³/mol. The molecule has 2 aromatic heterocycles. The minimum absolute atomic E-state index is 0.0474. The first kappa shape index (κ1) is 23.5. The third kappa shape index (κ3) is 5.07. The van der Waals surface area contributed by atoms with Crippen molar-refractivity contribution in [1.82, 2.24) is 25.1 Å². The molecule has 1 saturated heterocycles. The van der Waals surface area contributed by atoms with E-state index >= 15 is 0 Å². The number of aromatic nitrogens is 4. The molecule has 3 aromatic rings. The average Bonchev–Trinajstić information content (AvgIpc) is 3.54. The van der Waals surface area contributed by atoms with E-state index in [0.29, 0.717) is 34.4 Å². The van der Waals surface area contributed by atoms with Crippen molar-refractivity contribution in [2.75, 3.05) is 11.5 Å². The molecule has 1 atom stereocenters. The Bertz CT molecular complexity index is 1380. The first-order valence-corrected chi connectivity index (χ1v) is 13.1. The Kier molecular flexibility index (Phi) is 5.86. The van der Waals surface area contributed by atoms with E-state index in [1.54, 1.807) is 19.1 Å². The number of hydrogen-bond donors (Lipinski definition) is 1. The first-order chi connectivity index (χ1) is 16.6. The van der Waals surface area contributed by atoms with Gasteiger partial charge in [0.15, 0.2) is 11.6 Å². The lowest BCUT2D eigenvalue weighted by Crippen LogP contribution is -2.29. The molecule has 8 nitrogen and oxygen atoms in total. The summed E-state index contributed by atoms with van der Waals surface area (Å²) in [5.41, 5.74) is 0.159. The third-order valence-corrected chi connectivity index (χ3v) is 8.45. The lowest BCUT2D eigenvalue weighted by molar-refractivity contribution is -0.137. The second kappa shape index (κ2) is 8.74. The van der Waals surface area contributed by atoms with Crippen molar-refractivity contribution in [3.05, 3.63) is 65.4 Å². The molecule has 35 heavy (non-hydrogen) atoms. The monoisotopic (exact) mass is 504 g/mol. The van der Waals surface area contributed by atoms with E-state index in [-0.39, 0.29) is 11.5 Å². The van der Waals surface area contributed by atoms with Gasteiger partial charge in [-0.25, -0.2) is 14.2 Å². The Morgan fingerprint density at radius 2 is 1.97 bits per heavy atom. The Labute approximate surface area is 200 Å². The SMILES string of the molecule is C[C@H](NC(=O)c1cc(C2CC2)cc(C(F)(F)F)c1)c1ncnn1-c1ccc(N=S2(=O)CCC2)cn1. The van der Waals surface area contributed by atoms with Gasteiger partial charge in [0, 0.05) is 17.1 Å². The first-order valence-electron chi connectivity index (χ1n) is 11.2. The van der Waals surface area contributed by atoms with Gasteiger partial charge < -0.3 is 5.32 Å². The molecule has 184 valence electrons. The van der Waals surface area contributed by atoms with Crippen LogP contribution in [0.1, 0.15) is 65.5 Å². The van der Waals surface area contributed by atoms with Gasteiger partial charge in [-0.2, -0.15) is 27.3 Å². The number of hydrogen-bond acceptors (Lipinski definition) is 6. The molecule has 3 heterocycles. The van der Waals surface area contributed by atoms with Crippen LogP contribution in [0.4, 0.5) is 18.9 Å². The van der Waals surface area contributed by atoms with Gasteiger partial charge >= 0.3 is 6.18 Å². The molecule has 0 radical (unpaired) electrons. The molecule has 0 spiro atoms. The number of nitrogens with one attached hydrogen (secondary N) is 1. The van der Waals surface area contributed by atoms with Crippen LogP contribution in [0.3, 0.4) is 0 Å². The van der Waals surface area contributed by atoms with Crippen molar-refractivity contribution in [2.45, 2.75) is 44.3 Å². The molecule has 2 fully saturated rings. The molecule has 5 rings (SSSR count). The number of pyridine rings is 1. The van der Waals surface area contributed by atoms with Gasteiger partial charge in [-0.3, -0.25) is 4.79 Å². The molecular formula is C23H23F3N6O2S. The number of amides is 1. The molecule has 0 unspecified atom stereocenters. The largest absolute Gasteiger partial charge is 0.416 e. The van der Waals surface area contributed by atoms with Crippen LogP contribution < -0.4 is 5.32 Å². The number of halogens is 3. The highest BCUT2D eigenvalue weighted by molar-refractivity contribution is 7.95. The standard InChI is InChI=1S/C23H23F3N6O2S/c1-14(30-22(33)17-9-16(15-3-4-15)10-18(11-17)23(24,25)26)21-28-13-29-32(21)20-6-5-19(12-27-20)31-35(34)7-2-8-35/h5-6,9-15H,2-4,7-8H2,1H3,(H,30,33)/t14-/m0/s1. The Hall–Kier alpha value is -3.28. The van der Waals surface area contributed by atoms with Crippen LogP contribution >= 0.6 is 0 Å². The number of alkyl halides is 3. The topological polar surface area (TPSA) is 102 Å². The molecule has 1 aliphatic carbocycles. The Morgan fingerprint density at radius 3 is 2.57 bits per heavy atom. The minimum Gasteiger partial charge on any atom is -0.342 e. The highest BCUT2D eigenvalue weighted by Crippen LogP contribution is 2.42. The molecule has 1 aliphatic heterocycles. The van der Waals surface area contributed by atoms with Crippen molar-refractivity contribution in [2.24, 2.45) is 4.36 Å². The van der Waals surface area contributed by atoms with E-state index in [2.05, 4.69) is 24.7 Å². The summed E-state index contributed by atoms with van der Waals surface area (Å²) in [5, 5.41) is 6.88. The molecule has 0 bridgehead atoms. The van der Waals surface area contributed by atoms with Gasteiger partial charge in [0.25, 0.3) is 5.91 Å². The van der Waals surface area contributed by atoms with Crippen LogP contribution in [-0.4, -0.2) is 41.4 Å². The Morgan fingerprint density at radius 1 is 1.20 bits per heavy atom. The van der Waals surface area contributed by atoms with Crippen LogP contribution in [0.15, 0.2) is 47.2 Å². The van der Waals surface area contributed by atoms with E-state index in [1.807, 2.05) is 0 Å². The maximum Gasteiger partial charge on any atom is 0.416 e. The summed E-state index contributed by atoms with van der Waals surface area (Å²) in [4.78, 5) is 21.4. The molecule has 12 heteroatoms. The number of rotatable bonds is 6. The fourth-order valence-corrected chi connectivity index (χ4v) is 5.36. The molecule has 1 saturated carbocycles. The van der Waals surface area contributed by atoms with Crippen LogP contribution in [0.25, 0.3) is 5.82 Å². The van der Waals surface area contributed by atoms with E-state index < -0.39 is 33.4 Å². The Balaban J connectivity index is 1.35. The maximum atomic E-state index is 13.4. The zero-order valence-corrected chi connectivity index (χ0v) is 19.6. The lowest BCUT2D eigenvalue weighted by Gasteiger charge is -2.18. The van der Waals surface area contributed by atoms with Gasteiger partial charge in [-0.05, 0) is 68.0 Å². The van der Waals surface area contributed by atoms with Crippen LogP contribution in [0, 0.1) is 0 Å². The summed E-state index contributed by atoms with van der Waals surface area (Å²) < 4.78 is 58.2. The van der Waals surface area contributed by atoms with Crippen LogP contribution in [0.5, 0.6) is 0 Å². The number of carbonyl (C=O) groups excluding carboxylic acids is 1. The summed E-state index contributed by atoms with van der Waals surface area (Å²) >= 11 is 0. The van der Waals surface area contributed by atoms with Crippen LogP contribution in [-0.2, 0) is 15.9 Å². The summed E-state index contributed by atoms with van der Waals surface area (Å²) in [6, 6.07) is 6.19. The molecule has 1 amide bonds. The molecule has 1 aromatic carbocycles. The number of carbonyl (C=O) groups is 1. The van der Waals surface area contributed by atoms with Gasteiger partial charge in [-0.15, -0.1) is 0 Å². The van der Waals surface area contributed by atoms with Gasteiger partial charge in [0.05, 0.1) is 33.2 Å². The zero-order valence-electron chi connectivity index (χ0n) is 18.8. The van der Waals surface area contributed by atoms with Crippen LogP contribution in [0.2, 0.25) is 0 Å². The summed E-state index contributed by atoms with van der Waals surface area (Å²) in [5.74, 6) is 1.38. The van der Waals surface area contributed by atoms with Crippen molar-refractivity contribution in [3.8, 4) is 5.82 Å². The van der Waals surface area contributed by atoms with Gasteiger partial charge in [0.1, 0.15) is 6.33 Å². The van der Waals surface area contributed by atoms with E-state index in [4.69, 9.17) is 0 Å². The van der Waals surface area contributed by atoms with E-state index in [9.17, 15) is 22.2 Å². The van der Waals surface area contributed by atoms with Crippen molar-refractivity contribution < 1.29 is 22.2 Å². The number of nitrogens with zero attached hydrogens (tertiary/aromatic N) is 5. The second-order valence-corrected chi connectivity index (χ2v) is 11.4. The second-order valence-electron chi connectivity index (χ2n) is 8.84. The molecule has 2 aliphatic rings. The zero-order chi connectivity index (χ0) is 24.8. The van der Waals surface area contributed by atoms with Crippen molar-refractivity contribution >= 4 is 21.3 Å². The minimum atomic E-state index is -4.54. The quantitative estimate of drug-likeness (QED) is 0.531. The summed E-state index contributed by atoms with van der Waals surface area (Å²) in [6.45, 7) is 1.67. The highest BCUT2D eigenvalue weighted by atomic mass is 32.2. The normalized spacial score (nSPS) is 17.9. The average molecular weight is 505 g/mol. The smallest absolute Gasteiger partial charge is 0.342 e. The summed E-state index contributed by atoms with van der Waals surface area (Å²) in [6.07, 6.45) is 0.801. The molecular weight excluding hydrogens is 481 g/mol. The van der Waals surface area contributed by atoms with Crippen molar-refractivity contribution in [1.29, 1.82) is 0 Å². The predicted octanol–water partition coefficient (Wildman–Crippen LogP) is 4.55. The van der Waals surface area contributed by atoms with Gasteiger partial charge in [0.2, 0.25) is 0 Å². The lowest BCUT2D eigenvalue weighted by atomic mass is 10.0. The number of benzene rings is 1. The van der Waals surface area contributed by atoms with E-state index in [0.717, 1.165) is 31.4 Å². The molecule has 1 N–H and O–H groups in total. The highest BCUT2D eigenvalue weighted by Gasteiger charge is 2.34. The van der Waals surface area contributed by atoms with Gasteiger partial charge in [-0.1, -0.05) is 0 Å². The fraction of sp³-hybridized carbons (Fsp3) is 0.391. The van der Waals surface area contributed by atoms with Crippen molar-refractivity contribution in [3.63, 3.8) is 0 Å². The third-order valence-electron chi connectivity index (χ3n) is 6.05. The fourth-order valence-electron chi connectivity index (χ4n) is 3.90.